The molecule has 0 aliphatic heterocycles. The van der Waals surface area contributed by atoms with Crippen LogP contribution in [0.1, 0.15) is 62.8 Å². The zero-order chi connectivity index (χ0) is 18.7. The van der Waals surface area contributed by atoms with Crippen molar-refractivity contribution >= 4 is 17.7 Å². The second-order valence-corrected chi connectivity index (χ2v) is 9.15. The van der Waals surface area contributed by atoms with Crippen molar-refractivity contribution in [2.24, 2.45) is 18.4 Å². The van der Waals surface area contributed by atoms with Gasteiger partial charge in [0.15, 0.2) is 10.9 Å². The molecule has 6 heteroatoms. The molecule has 1 saturated carbocycles. The average molecular weight is 376 g/mol. The van der Waals surface area contributed by atoms with Gasteiger partial charge in [0.1, 0.15) is 5.76 Å². The summed E-state index contributed by atoms with van der Waals surface area (Å²) in [4.78, 5) is 16.9. The van der Waals surface area contributed by atoms with Crippen LogP contribution in [0.4, 0.5) is 0 Å². The molecular formula is C20H29N3O2S. The lowest BCUT2D eigenvalue weighted by Crippen LogP contribution is -2.46. The van der Waals surface area contributed by atoms with E-state index in [2.05, 4.69) is 31.1 Å². The Hall–Kier alpha value is -1.69. The Morgan fingerprint density at radius 1 is 1.35 bits per heavy atom. The number of imidazole rings is 1. The first kappa shape index (κ1) is 19.1. The Morgan fingerprint density at radius 3 is 2.81 bits per heavy atom. The number of carbonyl (C=O) groups excluding carboxylic acids is 1. The maximum atomic E-state index is 12.7. The van der Waals surface area contributed by atoms with Crippen LogP contribution in [-0.2, 0) is 12.8 Å². The van der Waals surface area contributed by atoms with Crippen LogP contribution in [0.3, 0.4) is 0 Å². The van der Waals surface area contributed by atoms with Crippen molar-refractivity contribution in [2.75, 3.05) is 0 Å². The fourth-order valence-electron chi connectivity index (χ4n) is 3.78. The molecule has 1 amide bonds. The number of nitrogens with one attached hydrogen (secondary N) is 1. The van der Waals surface area contributed by atoms with Crippen molar-refractivity contribution in [2.45, 2.75) is 63.4 Å². The van der Waals surface area contributed by atoms with Crippen LogP contribution in [0, 0.1) is 11.3 Å². The van der Waals surface area contributed by atoms with Gasteiger partial charge in [-0.05, 0) is 36.3 Å². The molecule has 1 fully saturated rings. The topological polar surface area (TPSA) is 60.1 Å². The number of amides is 1. The molecule has 0 bridgehead atoms. The predicted molar refractivity (Wildman–Crippen MR) is 104 cm³/mol. The third-order valence-electron chi connectivity index (χ3n) is 5.20. The van der Waals surface area contributed by atoms with Gasteiger partial charge in [-0.3, -0.25) is 4.79 Å². The minimum atomic E-state index is -0.0978. The average Bonchev–Trinajstić information content (AvgIpc) is 3.21. The molecule has 2 aromatic heterocycles. The summed E-state index contributed by atoms with van der Waals surface area (Å²) >= 11 is 1.60. The molecule has 142 valence electrons. The highest BCUT2D eigenvalue weighted by Crippen LogP contribution is 2.38. The molecule has 1 aliphatic carbocycles. The van der Waals surface area contributed by atoms with E-state index in [4.69, 9.17) is 4.42 Å². The molecule has 0 aromatic carbocycles. The number of hydrogen-bond acceptors (Lipinski definition) is 4. The van der Waals surface area contributed by atoms with Gasteiger partial charge >= 0.3 is 0 Å². The van der Waals surface area contributed by atoms with Crippen LogP contribution in [0.15, 0.2) is 34.1 Å². The smallest absolute Gasteiger partial charge is 0.287 e. The highest BCUT2D eigenvalue weighted by atomic mass is 32.2. The summed E-state index contributed by atoms with van der Waals surface area (Å²) in [5.41, 5.74) is 0.200. The Bertz CT molecular complexity index is 744. The van der Waals surface area contributed by atoms with Gasteiger partial charge in [0.25, 0.3) is 5.91 Å². The number of aryl methyl sites for hydroxylation is 1. The number of rotatable bonds is 5. The lowest BCUT2D eigenvalue weighted by Gasteiger charge is -2.40. The lowest BCUT2D eigenvalue weighted by molar-refractivity contribution is 0.0802. The highest BCUT2D eigenvalue weighted by Gasteiger charge is 2.35. The van der Waals surface area contributed by atoms with Gasteiger partial charge in [-0.15, -0.1) is 0 Å². The zero-order valence-electron chi connectivity index (χ0n) is 16.1. The molecule has 3 rings (SSSR count). The maximum Gasteiger partial charge on any atom is 0.287 e. The third kappa shape index (κ3) is 4.53. The number of aromatic nitrogens is 2. The van der Waals surface area contributed by atoms with E-state index in [0.717, 1.165) is 17.3 Å². The van der Waals surface area contributed by atoms with Gasteiger partial charge < -0.3 is 14.3 Å². The molecule has 2 atom stereocenters. The van der Waals surface area contributed by atoms with Crippen LogP contribution >= 0.6 is 11.8 Å². The van der Waals surface area contributed by atoms with Crippen molar-refractivity contribution in [3.05, 3.63) is 36.0 Å². The van der Waals surface area contributed by atoms with Crippen LogP contribution < -0.4 is 5.32 Å². The van der Waals surface area contributed by atoms with Crippen LogP contribution in [0.25, 0.3) is 0 Å². The molecule has 5 nitrogen and oxygen atoms in total. The van der Waals surface area contributed by atoms with E-state index in [9.17, 15) is 4.79 Å². The van der Waals surface area contributed by atoms with Gasteiger partial charge in [0.2, 0.25) is 0 Å². The third-order valence-corrected chi connectivity index (χ3v) is 6.28. The normalized spacial score (nSPS) is 20.9. The zero-order valence-corrected chi connectivity index (χ0v) is 16.9. The monoisotopic (exact) mass is 375 g/mol. The maximum absolute atomic E-state index is 12.7. The fourth-order valence-corrected chi connectivity index (χ4v) is 4.61. The number of thioether (sulfide) groups is 1. The quantitative estimate of drug-likeness (QED) is 0.774. The number of nitrogens with zero attached hydrogens (tertiary/aromatic N) is 2. The standard InChI is InChI=1S/C20H29N3O2S/c1-20(2,3)15-7-5-6-8-16(15)22-18(24)17-10-9-14(25-17)13-26-19-21-11-12-23(19)4/h9-12,15-16H,5-8,13H2,1-4H3,(H,22,24). The van der Waals surface area contributed by atoms with Crippen molar-refractivity contribution < 1.29 is 9.21 Å². The van der Waals surface area contributed by atoms with Gasteiger partial charge in [0.05, 0.1) is 5.75 Å². The fraction of sp³-hybridized carbons (Fsp3) is 0.600. The van der Waals surface area contributed by atoms with E-state index in [1.807, 2.05) is 23.9 Å². The van der Waals surface area contributed by atoms with Crippen LogP contribution in [0.5, 0.6) is 0 Å². The number of hydrogen-bond donors (Lipinski definition) is 1. The van der Waals surface area contributed by atoms with Gasteiger partial charge in [-0.1, -0.05) is 45.4 Å². The summed E-state index contributed by atoms with van der Waals surface area (Å²) in [7, 11) is 1.96. The summed E-state index contributed by atoms with van der Waals surface area (Å²) in [5.74, 6) is 2.26. The molecule has 1 aliphatic rings. The summed E-state index contributed by atoms with van der Waals surface area (Å²) in [5, 5.41) is 4.16. The second kappa shape index (κ2) is 7.91. The van der Waals surface area contributed by atoms with E-state index < -0.39 is 0 Å². The first-order chi connectivity index (χ1) is 12.3. The Labute approximate surface area is 159 Å². The SMILES string of the molecule is Cn1ccnc1SCc1ccc(C(=O)NC2CCCCC2C(C)(C)C)o1. The lowest BCUT2D eigenvalue weighted by atomic mass is 9.69. The van der Waals surface area contributed by atoms with Crippen molar-refractivity contribution in [3.8, 4) is 0 Å². The summed E-state index contributed by atoms with van der Waals surface area (Å²) in [6.45, 7) is 6.80. The first-order valence-electron chi connectivity index (χ1n) is 9.34. The van der Waals surface area contributed by atoms with E-state index in [-0.39, 0.29) is 17.4 Å². The highest BCUT2D eigenvalue weighted by molar-refractivity contribution is 7.98. The molecule has 0 radical (unpaired) electrons. The van der Waals surface area contributed by atoms with E-state index >= 15 is 0 Å². The minimum Gasteiger partial charge on any atom is -0.455 e. The largest absolute Gasteiger partial charge is 0.455 e. The van der Waals surface area contributed by atoms with Gasteiger partial charge in [-0.25, -0.2) is 4.98 Å². The first-order valence-corrected chi connectivity index (χ1v) is 10.3. The predicted octanol–water partition coefficient (Wildman–Crippen LogP) is 4.64. The molecule has 2 heterocycles. The summed E-state index contributed by atoms with van der Waals surface area (Å²) < 4.78 is 7.75. The summed E-state index contributed by atoms with van der Waals surface area (Å²) in [6, 6.07) is 3.89. The molecule has 0 saturated heterocycles. The van der Waals surface area contributed by atoms with E-state index in [0.29, 0.717) is 17.4 Å². The molecule has 1 N–H and O–H groups in total. The van der Waals surface area contributed by atoms with Crippen molar-refractivity contribution in [1.29, 1.82) is 0 Å². The van der Waals surface area contributed by atoms with E-state index in [1.165, 1.54) is 19.3 Å². The van der Waals surface area contributed by atoms with Gasteiger partial charge in [0, 0.05) is 25.5 Å². The van der Waals surface area contributed by atoms with Crippen LogP contribution in [0.2, 0.25) is 0 Å². The Balaban J connectivity index is 1.59. The Morgan fingerprint density at radius 2 is 2.12 bits per heavy atom. The van der Waals surface area contributed by atoms with Crippen LogP contribution in [-0.4, -0.2) is 21.5 Å². The molecule has 0 spiro atoms. The Kier molecular flexibility index (Phi) is 5.80. The molecule has 2 unspecified atom stereocenters. The number of furan rings is 1. The van der Waals surface area contributed by atoms with Gasteiger partial charge in [-0.2, -0.15) is 0 Å². The molecular weight excluding hydrogens is 346 g/mol. The minimum absolute atomic E-state index is 0.0978. The molecule has 26 heavy (non-hydrogen) atoms. The second-order valence-electron chi connectivity index (χ2n) is 8.21. The van der Waals surface area contributed by atoms with Crippen molar-refractivity contribution in [1.82, 2.24) is 14.9 Å². The summed E-state index contributed by atoms with van der Waals surface area (Å²) in [6.07, 6.45) is 8.36. The van der Waals surface area contributed by atoms with Crippen molar-refractivity contribution in [3.63, 3.8) is 0 Å². The number of carbonyl (C=O) groups is 1. The molecule has 2 aromatic rings. The van der Waals surface area contributed by atoms with E-state index in [1.54, 1.807) is 24.0 Å².